The van der Waals surface area contributed by atoms with Crippen molar-refractivity contribution in [3.05, 3.63) is 59.7 Å². The molecule has 0 aliphatic carbocycles. The molecule has 0 aliphatic heterocycles. The van der Waals surface area contributed by atoms with Gasteiger partial charge in [0.15, 0.2) is 0 Å². The van der Waals surface area contributed by atoms with Crippen molar-refractivity contribution in [2.75, 3.05) is 0 Å². The van der Waals surface area contributed by atoms with Gasteiger partial charge in [0.25, 0.3) is 0 Å². The van der Waals surface area contributed by atoms with E-state index in [0.29, 0.717) is 48.5 Å². The average molecular weight is 380 g/mol. The van der Waals surface area contributed by atoms with Gasteiger partial charge in [0.05, 0.1) is 0 Å². The summed E-state index contributed by atoms with van der Waals surface area (Å²) >= 11 is 0. The second-order valence-electron chi connectivity index (χ2n) is 4.79. The number of hydrogen-bond acceptors (Lipinski definition) is 2. The molecule has 0 radical (unpaired) electrons. The van der Waals surface area contributed by atoms with Crippen LogP contribution in [-0.2, 0) is 5.41 Å². The van der Waals surface area contributed by atoms with E-state index in [4.69, 9.17) is 0 Å². The molecular weight excluding hydrogens is 372 g/mol. The van der Waals surface area contributed by atoms with Gasteiger partial charge in [-0.25, -0.2) is 0 Å². The molecule has 2 aromatic carbocycles. The van der Waals surface area contributed by atoms with Crippen LogP contribution in [0.2, 0.25) is 0 Å². The smallest absolute Gasteiger partial charge is 0.872 e. The minimum atomic E-state index is -5.74. The van der Waals surface area contributed by atoms with Crippen LogP contribution >= 0.6 is 0 Å². The maximum absolute atomic E-state index is 13.6. The Labute approximate surface area is 183 Å². The Bertz CT molecular complexity index is 620. The predicted octanol–water partition coefficient (Wildman–Crippen LogP) is -2.75. The molecule has 0 N–H and O–H groups in total. The van der Waals surface area contributed by atoms with E-state index in [1.54, 1.807) is 0 Å². The van der Waals surface area contributed by atoms with E-state index in [-0.39, 0.29) is 59.1 Å². The molecule has 0 aliphatic rings. The summed E-state index contributed by atoms with van der Waals surface area (Å²) in [6.45, 7) is 0. The van der Waals surface area contributed by atoms with Crippen molar-refractivity contribution in [2.24, 2.45) is 0 Å². The molecule has 0 fully saturated rings. The third kappa shape index (κ3) is 4.48. The third-order valence-electron chi connectivity index (χ3n) is 3.43. The standard InChI is InChI=1S/C15H10F6O2.2Na/c16-14(17,18)13(15(19,20)21,9-1-5-11(22)6-2-9)10-3-7-12(23)8-4-10;;/h1-8,22-23H;;/q;2*+1/p-2. The Morgan fingerprint density at radius 1 is 0.520 bits per heavy atom. The first-order valence-electron chi connectivity index (χ1n) is 6.18. The summed E-state index contributed by atoms with van der Waals surface area (Å²) in [4.78, 5) is 0. The van der Waals surface area contributed by atoms with Crippen LogP contribution in [0.3, 0.4) is 0 Å². The quantitative estimate of drug-likeness (QED) is 0.419. The number of hydrogen-bond donors (Lipinski definition) is 0. The summed E-state index contributed by atoms with van der Waals surface area (Å²) in [5, 5.41) is 22.1. The van der Waals surface area contributed by atoms with Gasteiger partial charge in [-0.3, -0.25) is 0 Å². The third-order valence-corrected chi connectivity index (χ3v) is 3.43. The Balaban J connectivity index is 0.00000288. The Kier molecular flexibility index (Phi) is 8.41. The predicted molar refractivity (Wildman–Crippen MR) is 64.7 cm³/mol. The van der Waals surface area contributed by atoms with Crippen LogP contribution in [0, 0.1) is 0 Å². The van der Waals surface area contributed by atoms with Crippen LogP contribution in [0.1, 0.15) is 11.1 Å². The number of benzene rings is 2. The first-order chi connectivity index (χ1) is 10.5. The zero-order chi connectivity index (χ0) is 17.5. The van der Waals surface area contributed by atoms with Crippen LogP contribution in [0.5, 0.6) is 11.5 Å². The Morgan fingerprint density at radius 2 is 0.760 bits per heavy atom. The van der Waals surface area contributed by atoms with Crippen molar-refractivity contribution in [2.45, 2.75) is 17.8 Å². The van der Waals surface area contributed by atoms with Gasteiger partial charge in [-0.1, -0.05) is 48.5 Å². The molecule has 2 nitrogen and oxygen atoms in total. The fourth-order valence-corrected chi connectivity index (χ4v) is 2.39. The van der Waals surface area contributed by atoms with Gasteiger partial charge < -0.3 is 10.2 Å². The molecular formula is C15H8F6Na2O2. The topological polar surface area (TPSA) is 46.1 Å². The minimum Gasteiger partial charge on any atom is -0.872 e. The van der Waals surface area contributed by atoms with Crippen molar-refractivity contribution >= 4 is 0 Å². The van der Waals surface area contributed by atoms with Gasteiger partial charge in [0, 0.05) is 0 Å². The van der Waals surface area contributed by atoms with Crippen molar-refractivity contribution < 1.29 is 95.7 Å². The average Bonchev–Trinajstić information content (AvgIpc) is 2.40. The molecule has 0 aromatic heterocycles. The number of alkyl halides is 6. The van der Waals surface area contributed by atoms with Crippen LogP contribution in [0.25, 0.3) is 0 Å². The molecule has 10 heteroatoms. The van der Waals surface area contributed by atoms with E-state index >= 15 is 0 Å². The van der Waals surface area contributed by atoms with Gasteiger partial charge in [0.1, 0.15) is 0 Å². The molecule has 2 rings (SSSR count). The van der Waals surface area contributed by atoms with Crippen molar-refractivity contribution in [3.63, 3.8) is 0 Å². The molecule has 2 aromatic rings. The summed E-state index contributed by atoms with van der Waals surface area (Å²) in [6.07, 6.45) is -11.5. The molecule has 0 atom stereocenters. The van der Waals surface area contributed by atoms with E-state index in [1.807, 2.05) is 0 Å². The van der Waals surface area contributed by atoms with E-state index in [1.165, 1.54) is 0 Å². The Hall–Kier alpha value is -0.380. The van der Waals surface area contributed by atoms with E-state index in [2.05, 4.69) is 0 Å². The first-order valence-corrected chi connectivity index (χ1v) is 6.18. The SMILES string of the molecule is [Na+].[Na+].[O-]c1ccc(C(c2ccc([O-])cc2)(C(F)(F)F)C(F)(F)F)cc1. The van der Waals surface area contributed by atoms with Gasteiger partial charge in [-0.2, -0.15) is 26.3 Å². The molecule has 0 heterocycles. The van der Waals surface area contributed by atoms with E-state index in [0.717, 1.165) is 0 Å². The molecule has 25 heavy (non-hydrogen) atoms. The molecule has 124 valence electrons. The summed E-state index contributed by atoms with van der Waals surface area (Å²) in [5.41, 5.74) is -6.62. The van der Waals surface area contributed by atoms with Crippen LogP contribution < -0.4 is 69.3 Å². The summed E-state index contributed by atoms with van der Waals surface area (Å²) in [5.74, 6) is -1.44. The van der Waals surface area contributed by atoms with Crippen LogP contribution in [-0.4, -0.2) is 12.4 Å². The van der Waals surface area contributed by atoms with Crippen LogP contribution in [0.4, 0.5) is 26.3 Å². The van der Waals surface area contributed by atoms with Gasteiger partial charge >= 0.3 is 71.5 Å². The number of halogens is 6. The second-order valence-corrected chi connectivity index (χ2v) is 4.79. The largest absolute Gasteiger partial charge is 1.00 e. The van der Waals surface area contributed by atoms with E-state index < -0.39 is 40.4 Å². The monoisotopic (exact) mass is 380 g/mol. The zero-order valence-corrected chi connectivity index (χ0v) is 17.2. The molecule has 0 saturated heterocycles. The zero-order valence-electron chi connectivity index (χ0n) is 13.2. The van der Waals surface area contributed by atoms with Crippen molar-refractivity contribution in [1.82, 2.24) is 0 Å². The second kappa shape index (κ2) is 8.54. The van der Waals surface area contributed by atoms with E-state index in [9.17, 15) is 36.6 Å². The molecule has 0 bridgehead atoms. The number of rotatable bonds is 2. The van der Waals surface area contributed by atoms with Crippen molar-refractivity contribution in [3.8, 4) is 11.5 Å². The molecule has 0 saturated carbocycles. The summed E-state index contributed by atoms with van der Waals surface area (Å²) < 4.78 is 81.4. The van der Waals surface area contributed by atoms with Crippen LogP contribution in [0.15, 0.2) is 48.5 Å². The maximum Gasteiger partial charge on any atom is 1.00 e. The van der Waals surface area contributed by atoms with Gasteiger partial charge in [0.2, 0.25) is 5.41 Å². The first kappa shape index (κ1) is 24.6. The fourth-order valence-electron chi connectivity index (χ4n) is 2.39. The van der Waals surface area contributed by atoms with Gasteiger partial charge in [-0.05, 0) is 11.1 Å². The maximum atomic E-state index is 13.6. The molecule has 0 unspecified atom stereocenters. The van der Waals surface area contributed by atoms with Crippen molar-refractivity contribution in [1.29, 1.82) is 0 Å². The normalized spacial score (nSPS) is 12.1. The van der Waals surface area contributed by atoms with Gasteiger partial charge in [-0.15, -0.1) is 11.5 Å². The summed E-state index contributed by atoms with van der Waals surface area (Å²) in [6, 6.07) is 4.49. The summed E-state index contributed by atoms with van der Waals surface area (Å²) in [7, 11) is 0. The Morgan fingerprint density at radius 3 is 0.960 bits per heavy atom. The fraction of sp³-hybridized carbons (Fsp3) is 0.200. The molecule has 0 spiro atoms. The molecule has 0 amide bonds. The minimum absolute atomic E-state index is 0.